The summed E-state index contributed by atoms with van der Waals surface area (Å²) in [7, 11) is 0. The van der Waals surface area contributed by atoms with Gasteiger partial charge in [0.25, 0.3) is 0 Å². The quantitative estimate of drug-likeness (QED) is 0.822. The first-order chi connectivity index (χ1) is 9.04. The van der Waals surface area contributed by atoms with E-state index in [4.69, 9.17) is 0 Å². The average Bonchev–Trinajstić information content (AvgIpc) is 2.90. The molecule has 1 fully saturated rings. The Labute approximate surface area is 111 Å². The summed E-state index contributed by atoms with van der Waals surface area (Å²) < 4.78 is 38.2. The predicted octanol–water partition coefficient (Wildman–Crippen LogP) is 3.56. The van der Waals surface area contributed by atoms with Gasteiger partial charge in [0.2, 0.25) is 0 Å². The molecule has 0 aromatic heterocycles. The summed E-state index contributed by atoms with van der Waals surface area (Å²) in [6.45, 7) is 1.05. The molecule has 3 rings (SSSR count). The summed E-state index contributed by atoms with van der Waals surface area (Å²) in [6.07, 6.45) is 0.923. The highest BCUT2D eigenvalue weighted by Gasteiger charge is 2.33. The second-order valence-corrected chi connectivity index (χ2v) is 5.69. The fourth-order valence-corrected chi connectivity index (χ4v) is 3.42. The van der Waals surface area contributed by atoms with Crippen molar-refractivity contribution in [2.24, 2.45) is 5.92 Å². The first-order valence-corrected chi connectivity index (χ1v) is 6.96. The van der Waals surface area contributed by atoms with Crippen LogP contribution in [-0.4, -0.2) is 12.6 Å². The van der Waals surface area contributed by atoms with Crippen molar-refractivity contribution < 1.29 is 13.2 Å². The van der Waals surface area contributed by atoms with Crippen molar-refractivity contribution >= 4 is 0 Å². The first-order valence-electron chi connectivity index (χ1n) is 6.96. The van der Waals surface area contributed by atoms with E-state index in [0.717, 1.165) is 36.9 Å². The van der Waals surface area contributed by atoms with Crippen LogP contribution < -0.4 is 5.32 Å². The molecular weight excluding hydrogens is 251 g/mol. The van der Waals surface area contributed by atoms with Gasteiger partial charge in [-0.1, -0.05) is 6.07 Å². The van der Waals surface area contributed by atoms with E-state index >= 15 is 0 Å². The van der Waals surface area contributed by atoms with E-state index in [2.05, 4.69) is 5.32 Å². The van der Waals surface area contributed by atoms with Crippen LogP contribution in [0.4, 0.5) is 13.2 Å². The lowest BCUT2D eigenvalue weighted by molar-refractivity contribution is -0.137. The van der Waals surface area contributed by atoms with Gasteiger partial charge in [0.05, 0.1) is 5.56 Å². The Morgan fingerprint density at radius 1 is 1.11 bits per heavy atom. The van der Waals surface area contributed by atoms with Crippen molar-refractivity contribution in [2.45, 2.75) is 44.3 Å². The lowest BCUT2D eigenvalue weighted by atomic mass is 9.79. The van der Waals surface area contributed by atoms with Crippen molar-refractivity contribution in [3.63, 3.8) is 0 Å². The van der Waals surface area contributed by atoms with E-state index in [9.17, 15) is 13.2 Å². The van der Waals surface area contributed by atoms with Gasteiger partial charge < -0.3 is 5.32 Å². The maximum atomic E-state index is 12.7. The molecule has 1 aromatic carbocycles. The molecule has 1 saturated heterocycles. The zero-order chi connectivity index (χ0) is 13.5. The summed E-state index contributed by atoms with van der Waals surface area (Å²) in [4.78, 5) is 0. The zero-order valence-corrected chi connectivity index (χ0v) is 10.8. The molecule has 0 bridgehead atoms. The van der Waals surface area contributed by atoms with Gasteiger partial charge >= 0.3 is 6.18 Å². The number of halogens is 3. The highest BCUT2D eigenvalue weighted by molar-refractivity contribution is 5.35. The molecule has 1 aliphatic heterocycles. The normalized spacial score (nSPS) is 27.3. The molecule has 104 valence electrons. The molecule has 4 heteroatoms. The van der Waals surface area contributed by atoms with Gasteiger partial charge in [-0.25, -0.2) is 0 Å². The topological polar surface area (TPSA) is 12.0 Å². The van der Waals surface area contributed by atoms with Crippen LogP contribution in [0, 0.1) is 5.92 Å². The molecule has 2 unspecified atom stereocenters. The third kappa shape index (κ3) is 2.64. The fraction of sp³-hybridized carbons (Fsp3) is 0.600. The molecule has 0 saturated carbocycles. The molecule has 1 N–H and O–H groups in total. The van der Waals surface area contributed by atoms with E-state index < -0.39 is 11.7 Å². The van der Waals surface area contributed by atoms with Crippen molar-refractivity contribution in [3.05, 3.63) is 34.9 Å². The standard InChI is InChI=1S/C15H18F3N/c16-15(17,18)13-6-5-10-3-4-11(8-12(10)9-13)14-2-1-7-19-14/h5-6,9,11,14,19H,1-4,7-8H2. The van der Waals surface area contributed by atoms with Gasteiger partial charge in [0, 0.05) is 6.04 Å². The van der Waals surface area contributed by atoms with Crippen molar-refractivity contribution in [1.29, 1.82) is 0 Å². The number of hydrogen-bond donors (Lipinski definition) is 1. The zero-order valence-electron chi connectivity index (χ0n) is 10.8. The van der Waals surface area contributed by atoms with Crippen LogP contribution >= 0.6 is 0 Å². The third-order valence-corrected chi connectivity index (χ3v) is 4.47. The molecule has 2 aliphatic rings. The lowest BCUT2D eigenvalue weighted by Crippen LogP contribution is -2.34. The highest BCUT2D eigenvalue weighted by atomic mass is 19.4. The monoisotopic (exact) mass is 269 g/mol. The molecule has 1 aromatic rings. The van der Waals surface area contributed by atoms with Crippen molar-refractivity contribution in [2.75, 3.05) is 6.54 Å². The smallest absolute Gasteiger partial charge is 0.314 e. The molecule has 1 nitrogen and oxygen atoms in total. The van der Waals surface area contributed by atoms with Crippen molar-refractivity contribution in [3.8, 4) is 0 Å². The fourth-order valence-electron chi connectivity index (χ4n) is 3.42. The highest BCUT2D eigenvalue weighted by Crippen LogP contribution is 2.35. The largest absolute Gasteiger partial charge is 0.416 e. The third-order valence-electron chi connectivity index (χ3n) is 4.47. The number of alkyl halides is 3. The minimum atomic E-state index is -4.23. The Morgan fingerprint density at radius 3 is 2.63 bits per heavy atom. The summed E-state index contributed by atoms with van der Waals surface area (Å²) in [5, 5.41) is 3.48. The van der Waals surface area contributed by atoms with Crippen LogP contribution in [0.25, 0.3) is 0 Å². The van der Waals surface area contributed by atoms with E-state index in [0.29, 0.717) is 12.0 Å². The minimum absolute atomic E-state index is 0.499. The number of benzene rings is 1. The van der Waals surface area contributed by atoms with E-state index in [-0.39, 0.29) is 0 Å². The number of nitrogens with one attached hydrogen (secondary N) is 1. The van der Waals surface area contributed by atoms with Crippen molar-refractivity contribution in [1.82, 2.24) is 5.32 Å². The van der Waals surface area contributed by atoms with Gasteiger partial charge in [0.15, 0.2) is 0 Å². The Balaban J connectivity index is 1.82. The Hall–Kier alpha value is -1.03. The second-order valence-electron chi connectivity index (χ2n) is 5.69. The summed E-state index contributed by atoms with van der Waals surface area (Å²) >= 11 is 0. The van der Waals surface area contributed by atoms with Gasteiger partial charge in [-0.15, -0.1) is 0 Å². The maximum Gasteiger partial charge on any atom is 0.416 e. The molecule has 19 heavy (non-hydrogen) atoms. The summed E-state index contributed by atoms with van der Waals surface area (Å²) in [5.74, 6) is 0.499. The molecule has 1 heterocycles. The van der Waals surface area contributed by atoms with Crippen LogP contribution in [0.5, 0.6) is 0 Å². The molecule has 1 aliphatic carbocycles. The molecule has 0 amide bonds. The molecule has 0 spiro atoms. The van der Waals surface area contributed by atoms with Crippen LogP contribution in [0.15, 0.2) is 18.2 Å². The van der Waals surface area contributed by atoms with Crippen LogP contribution in [0.3, 0.4) is 0 Å². The maximum absolute atomic E-state index is 12.7. The van der Waals surface area contributed by atoms with E-state index in [1.807, 2.05) is 0 Å². The Bertz CT molecular complexity index is 461. The molecule has 2 atom stereocenters. The van der Waals surface area contributed by atoms with Crippen LogP contribution in [0.1, 0.15) is 36.0 Å². The van der Waals surface area contributed by atoms with Gasteiger partial charge in [-0.05, 0) is 67.8 Å². The molecular formula is C15H18F3N. The number of aryl methyl sites for hydroxylation is 1. The summed E-state index contributed by atoms with van der Waals surface area (Å²) in [5.41, 5.74) is 1.49. The van der Waals surface area contributed by atoms with Crippen LogP contribution in [-0.2, 0) is 19.0 Å². The first kappa shape index (κ1) is 13.0. The van der Waals surface area contributed by atoms with Crippen LogP contribution in [0.2, 0.25) is 0 Å². The van der Waals surface area contributed by atoms with Gasteiger partial charge in [0.1, 0.15) is 0 Å². The Morgan fingerprint density at radius 2 is 1.95 bits per heavy atom. The lowest BCUT2D eigenvalue weighted by Gasteiger charge is -2.29. The number of fused-ring (bicyclic) bond motifs is 1. The predicted molar refractivity (Wildman–Crippen MR) is 68.0 cm³/mol. The minimum Gasteiger partial charge on any atom is -0.314 e. The Kier molecular flexibility index (Phi) is 3.29. The SMILES string of the molecule is FC(F)(F)c1ccc2c(c1)CC(C1CCCN1)CC2. The number of rotatable bonds is 1. The second kappa shape index (κ2) is 4.82. The van der Waals surface area contributed by atoms with Gasteiger partial charge in [-0.2, -0.15) is 13.2 Å². The summed E-state index contributed by atoms with van der Waals surface area (Å²) in [6, 6.07) is 4.74. The van der Waals surface area contributed by atoms with E-state index in [1.165, 1.54) is 25.0 Å². The molecule has 0 radical (unpaired) electrons. The average molecular weight is 269 g/mol. The number of hydrogen-bond acceptors (Lipinski definition) is 1. The van der Waals surface area contributed by atoms with E-state index in [1.54, 1.807) is 6.07 Å². The van der Waals surface area contributed by atoms with Gasteiger partial charge in [-0.3, -0.25) is 0 Å².